The Balaban J connectivity index is 1.74. The van der Waals surface area contributed by atoms with E-state index in [1.807, 2.05) is 60.7 Å². The number of hydrogen-bond donors (Lipinski definition) is 1. The van der Waals surface area contributed by atoms with Crippen molar-refractivity contribution in [2.24, 2.45) is 0 Å². The highest BCUT2D eigenvalue weighted by molar-refractivity contribution is 5.66. The molecule has 0 spiro atoms. The van der Waals surface area contributed by atoms with Crippen LogP contribution in [0, 0.1) is 0 Å². The first-order valence-electron chi connectivity index (χ1n) is 8.53. The Kier molecular flexibility index (Phi) is 5.92. The van der Waals surface area contributed by atoms with Crippen LogP contribution in [0.5, 0.6) is 0 Å². The van der Waals surface area contributed by atoms with Gasteiger partial charge in [-0.1, -0.05) is 48.5 Å². The van der Waals surface area contributed by atoms with Gasteiger partial charge in [0.05, 0.1) is 13.1 Å². The molecule has 3 rings (SSSR count). The highest BCUT2D eigenvalue weighted by Crippen LogP contribution is 2.17. The average molecular weight is 351 g/mol. The van der Waals surface area contributed by atoms with E-state index in [0.717, 1.165) is 17.1 Å². The fourth-order valence-corrected chi connectivity index (χ4v) is 2.75. The van der Waals surface area contributed by atoms with Gasteiger partial charge in [-0.15, -0.1) is 5.10 Å². The normalized spacial score (nSPS) is 10.6. The molecule has 134 valence electrons. The molecule has 0 amide bonds. The third-order valence-electron chi connectivity index (χ3n) is 4.05. The zero-order valence-corrected chi connectivity index (χ0v) is 14.4. The van der Waals surface area contributed by atoms with Crippen LogP contribution in [0.2, 0.25) is 0 Å². The fraction of sp³-hybridized carbons (Fsp3) is 0.263. The molecule has 0 aliphatic carbocycles. The lowest BCUT2D eigenvalue weighted by atomic mass is 10.2. The quantitative estimate of drug-likeness (QED) is 0.638. The first kappa shape index (κ1) is 17.6. The third kappa shape index (κ3) is 4.89. The minimum absolute atomic E-state index is 0.137. The number of benzene rings is 2. The van der Waals surface area contributed by atoms with Crippen molar-refractivity contribution in [2.45, 2.75) is 25.9 Å². The van der Waals surface area contributed by atoms with Crippen molar-refractivity contribution in [3.63, 3.8) is 0 Å². The molecule has 0 radical (unpaired) electrons. The van der Waals surface area contributed by atoms with Crippen LogP contribution in [0.15, 0.2) is 60.7 Å². The molecule has 1 heterocycles. The van der Waals surface area contributed by atoms with Crippen molar-refractivity contribution in [3.05, 3.63) is 72.1 Å². The molecule has 7 nitrogen and oxygen atoms in total. The van der Waals surface area contributed by atoms with Gasteiger partial charge in [-0.25, -0.2) is 4.68 Å². The first-order valence-corrected chi connectivity index (χ1v) is 8.53. The summed E-state index contributed by atoms with van der Waals surface area (Å²) in [6.07, 6.45) is 0.697. The van der Waals surface area contributed by atoms with Gasteiger partial charge in [-0.3, -0.25) is 4.79 Å². The van der Waals surface area contributed by atoms with Gasteiger partial charge in [0.25, 0.3) is 0 Å². The number of rotatable bonds is 9. The lowest BCUT2D eigenvalue weighted by Gasteiger charge is -2.24. The fourth-order valence-electron chi connectivity index (χ4n) is 2.75. The molecule has 26 heavy (non-hydrogen) atoms. The molecular formula is C19H21N5O2. The van der Waals surface area contributed by atoms with E-state index in [-0.39, 0.29) is 6.42 Å². The van der Waals surface area contributed by atoms with Gasteiger partial charge < -0.3 is 10.0 Å². The Morgan fingerprint density at radius 2 is 1.73 bits per heavy atom. The second-order valence-corrected chi connectivity index (χ2v) is 5.99. The summed E-state index contributed by atoms with van der Waals surface area (Å²) >= 11 is 0. The molecule has 0 unspecified atom stereocenters. The van der Waals surface area contributed by atoms with E-state index in [0.29, 0.717) is 26.1 Å². The smallest absolute Gasteiger partial charge is 0.303 e. The van der Waals surface area contributed by atoms with Gasteiger partial charge in [0.1, 0.15) is 0 Å². The van der Waals surface area contributed by atoms with Crippen LogP contribution in [0.25, 0.3) is 0 Å². The van der Waals surface area contributed by atoms with Crippen molar-refractivity contribution in [1.29, 1.82) is 0 Å². The number of hydrogen-bond acceptors (Lipinski definition) is 5. The lowest BCUT2D eigenvalue weighted by molar-refractivity contribution is -0.137. The minimum atomic E-state index is -0.785. The maximum Gasteiger partial charge on any atom is 0.303 e. The summed E-state index contributed by atoms with van der Waals surface area (Å²) in [5, 5.41) is 21.0. The average Bonchev–Trinajstić information content (AvgIpc) is 3.09. The van der Waals surface area contributed by atoms with Gasteiger partial charge >= 0.3 is 5.97 Å². The number of carboxylic acid groups (broad SMARTS) is 1. The number of carbonyl (C=O) groups is 1. The Morgan fingerprint density at radius 1 is 1.04 bits per heavy atom. The van der Waals surface area contributed by atoms with Gasteiger partial charge in [0, 0.05) is 18.7 Å². The third-order valence-corrected chi connectivity index (χ3v) is 4.05. The summed E-state index contributed by atoms with van der Waals surface area (Å²) in [6.45, 7) is 1.74. The first-order chi connectivity index (χ1) is 12.7. The van der Waals surface area contributed by atoms with Crippen LogP contribution in [0.4, 0.5) is 5.69 Å². The predicted molar refractivity (Wildman–Crippen MR) is 97.7 cm³/mol. The second kappa shape index (κ2) is 8.75. The van der Waals surface area contributed by atoms with E-state index >= 15 is 0 Å². The summed E-state index contributed by atoms with van der Waals surface area (Å²) in [4.78, 5) is 12.9. The maximum atomic E-state index is 10.8. The summed E-state index contributed by atoms with van der Waals surface area (Å²) in [6, 6.07) is 19.9. The molecule has 0 fully saturated rings. The largest absolute Gasteiger partial charge is 0.481 e. The van der Waals surface area contributed by atoms with Crippen molar-refractivity contribution in [3.8, 4) is 0 Å². The SMILES string of the molecule is O=C(O)CCCN(Cc1nnnn1Cc1ccccc1)c1ccccc1. The van der Waals surface area contributed by atoms with Crippen LogP contribution in [0.1, 0.15) is 24.2 Å². The van der Waals surface area contributed by atoms with E-state index in [9.17, 15) is 4.79 Å². The molecule has 0 saturated carbocycles. The molecule has 2 aromatic carbocycles. The highest BCUT2D eigenvalue weighted by atomic mass is 16.4. The zero-order chi connectivity index (χ0) is 18.2. The number of carboxylic acids is 1. The Bertz CT molecular complexity index is 820. The monoisotopic (exact) mass is 351 g/mol. The van der Waals surface area contributed by atoms with E-state index in [4.69, 9.17) is 5.11 Å². The Morgan fingerprint density at radius 3 is 2.42 bits per heavy atom. The zero-order valence-electron chi connectivity index (χ0n) is 14.4. The highest BCUT2D eigenvalue weighted by Gasteiger charge is 2.14. The molecule has 0 atom stereocenters. The Labute approximate surface area is 151 Å². The van der Waals surface area contributed by atoms with Crippen molar-refractivity contribution in [1.82, 2.24) is 20.2 Å². The number of tetrazole rings is 1. The lowest BCUT2D eigenvalue weighted by Crippen LogP contribution is -2.26. The number of anilines is 1. The minimum Gasteiger partial charge on any atom is -0.481 e. The molecule has 7 heteroatoms. The summed E-state index contributed by atoms with van der Waals surface area (Å²) in [5.41, 5.74) is 2.14. The van der Waals surface area contributed by atoms with E-state index in [1.54, 1.807) is 4.68 Å². The molecule has 1 aromatic heterocycles. The number of nitrogens with zero attached hydrogens (tertiary/aromatic N) is 5. The summed E-state index contributed by atoms with van der Waals surface area (Å²) in [7, 11) is 0. The topological polar surface area (TPSA) is 84.1 Å². The molecule has 1 N–H and O–H groups in total. The van der Waals surface area contributed by atoms with E-state index in [1.165, 1.54) is 0 Å². The standard InChI is InChI=1S/C19H21N5O2/c25-19(26)12-7-13-23(17-10-5-2-6-11-17)15-18-20-21-22-24(18)14-16-8-3-1-4-9-16/h1-6,8-11H,7,12-15H2,(H,25,26). The summed E-state index contributed by atoms with van der Waals surface area (Å²) < 4.78 is 1.78. The van der Waals surface area contributed by atoms with Gasteiger partial charge in [0.2, 0.25) is 0 Å². The van der Waals surface area contributed by atoms with Crippen LogP contribution in [-0.4, -0.2) is 37.8 Å². The maximum absolute atomic E-state index is 10.8. The molecular weight excluding hydrogens is 330 g/mol. The molecule has 0 bridgehead atoms. The molecule has 0 saturated heterocycles. The van der Waals surface area contributed by atoms with E-state index < -0.39 is 5.97 Å². The number of aliphatic carboxylic acids is 1. The van der Waals surface area contributed by atoms with Crippen LogP contribution >= 0.6 is 0 Å². The van der Waals surface area contributed by atoms with Gasteiger partial charge in [-0.05, 0) is 34.5 Å². The van der Waals surface area contributed by atoms with Crippen LogP contribution < -0.4 is 4.90 Å². The number of para-hydroxylation sites is 1. The van der Waals surface area contributed by atoms with Crippen LogP contribution in [0.3, 0.4) is 0 Å². The van der Waals surface area contributed by atoms with Crippen molar-refractivity contribution >= 4 is 11.7 Å². The molecule has 0 aliphatic rings. The van der Waals surface area contributed by atoms with E-state index in [2.05, 4.69) is 20.4 Å². The summed E-state index contributed by atoms with van der Waals surface area (Å²) in [5.74, 6) is -0.0417. The number of aromatic nitrogens is 4. The van der Waals surface area contributed by atoms with Crippen LogP contribution in [-0.2, 0) is 17.9 Å². The van der Waals surface area contributed by atoms with Crippen molar-refractivity contribution < 1.29 is 9.90 Å². The van der Waals surface area contributed by atoms with Gasteiger partial charge in [-0.2, -0.15) is 0 Å². The molecule has 3 aromatic rings. The second-order valence-electron chi connectivity index (χ2n) is 5.99. The van der Waals surface area contributed by atoms with Crippen molar-refractivity contribution in [2.75, 3.05) is 11.4 Å². The predicted octanol–water partition coefficient (Wildman–Crippen LogP) is 2.59. The Hall–Kier alpha value is -3.22. The molecule has 0 aliphatic heterocycles. The van der Waals surface area contributed by atoms with Gasteiger partial charge in [0.15, 0.2) is 5.82 Å².